The number of hydrogen-bond acceptors (Lipinski definition) is 4. The molecule has 118 valence electrons. The van der Waals surface area contributed by atoms with Crippen molar-refractivity contribution in [2.24, 2.45) is 0 Å². The zero-order chi connectivity index (χ0) is 15.5. The molecule has 1 aliphatic rings. The highest BCUT2D eigenvalue weighted by Crippen LogP contribution is 2.33. The van der Waals surface area contributed by atoms with E-state index in [1.54, 1.807) is 7.05 Å². The highest BCUT2D eigenvalue weighted by molar-refractivity contribution is 5.51. The molecule has 1 unspecified atom stereocenters. The summed E-state index contributed by atoms with van der Waals surface area (Å²) in [5.41, 5.74) is -0.692. The van der Waals surface area contributed by atoms with E-state index >= 15 is 0 Å². The molecule has 0 spiro atoms. The van der Waals surface area contributed by atoms with Crippen molar-refractivity contribution in [3.8, 4) is 0 Å². The Morgan fingerprint density at radius 2 is 2.19 bits per heavy atom. The molecule has 0 aliphatic carbocycles. The van der Waals surface area contributed by atoms with Crippen molar-refractivity contribution in [2.75, 3.05) is 37.0 Å². The zero-order valence-corrected chi connectivity index (χ0v) is 12.2. The molecular formula is C14H20F3N3O. The van der Waals surface area contributed by atoms with Crippen LogP contribution in [0.3, 0.4) is 0 Å². The van der Waals surface area contributed by atoms with Gasteiger partial charge in [-0.15, -0.1) is 0 Å². The minimum Gasteiger partial charge on any atom is -0.376 e. The van der Waals surface area contributed by atoms with Crippen LogP contribution < -0.4 is 10.2 Å². The Kier molecular flexibility index (Phi) is 4.92. The molecule has 0 amide bonds. The first kappa shape index (κ1) is 15.9. The monoisotopic (exact) mass is 303 g/mol. The van der Waals surface area contributed by atoms with Crippen LogP contribution in [0.5, 0.6) is 0 Å². The molecule has 2 rings (SSSR count). The van der Waals surface area contributed by atoms with E-state index < -0.39 is 11.7 Å². The van der Waals surface area contributed by atoms with Crippen LogP contribution in [0.15, 0.2) is 12.1 Å². The van der Waals surface area contributed by atoms with E-state index in [1.165, 1.54) is 0 Å². The van der Waals surface area contributed by atoms with Crippen LogP contribution in [0.4, 0.5) is 24.8 Å². The van der Waals surface area contributed by atoms with Crippen LogP contribution in [0, 0.1) is 0 Å². The second kappa shape index (κ2) is 6.51. The van der Waals surface area contributed by atoms with Gasteiger partial charge < -0.3 is 15.0 Å². The summed E-state index contributed by atoms with van der Waals surface area (Å²) in [6.07, 6.45) is -2.37. The van der Waals surface area contributed by atoms with E-state index in [4.69, 9.17) is 4.74 Å². The van der Waals surface area contributed by atoms with E-state index in [-0.39, 0.29) is 11.9 Å². The van der Waals surface area contributed by atoms with Gasteiger partial charge in [-0.1, -0.05) is 0 Å². The number of nitrogens with zero attached hydrogens (tertiary/aromatic N) is 2. The van der Waals surface area contributed by atoms with Crippen molar-refractivity contribution >= 4 is 11.6 Å². The normalized spacial score (nSPS) is 18.8. The number of ether oxygens (including phenoxy) is 1. The van der Waals surface area contributed by atoms with Gasteiger partial charge in [0.2, 0.25) is 0 Å². The van der Waals surface area contributed by atoms with Gasteiger partial charge in [-0.25, -0.2) is 4.98 Å². The molecule has 1 aliphatic heterocycles. The molecule has 1 fully saturated rings. The van der Waals surface area contributed by atoms with E-state index in [9.17, 15) is 13.2 Å². The lowest BCUT2D eigenvalue weighted by atomic mass is 10.2. The highest BCUT2D eigenvalue weighted by Gasteiger charge is 2.32. The molecule has 2 heterocycles. The van der Waals surface area contributed by atoms with Gasteiger partial charge in [-0.2, -0.15) is 13.2 Å². The molecule has 1 saturated heterocycles. The number of anilines is 2. The summed E-state index contributed by atoms with van der Waals surface area (Å²) in [6.45, 7) is 3.77. The lowest BCUT2D eigenvalue weighted by molar-refractivity contribution is -0.137. The molecule has 0 saturated carbocycles. The summed E-state index contributed by atoms with van der Waals surface area (Å²) in [7, 11) is 1.56. The molecule has 1 atom stereocenters. The van der Waals surface area contributed by atoms with E-state index in [2.05, 4.69) is 10.3 Å². The number of pyridine rings is 1. The molecule has 0 bridgehead atoms. The van der Waals surface area contributed by atoms with Gasteiger partial charge in [0.1, 0.15) is 11.6 Å². The third-order valence-electron chi connectivity index (χ3n) is 3.55. The Balaban J connectivity index is 2.26. The minimum atomic E-state index is -4.38. The summed E-state index contributed by atoms with van der Waals surface area (Å²) in [6, 6.07) is 2.11. The van der Waals surface area contributed by atoms with E-state index in [0.717, 1.165) is 31.6 Å². The van der Waals surface area contributed by atoms with Gasteiger partial charge in [-0.05, 0) is 31.9 Å². The Hall–Kier alpha value is -1.50. The smallest absolute Gasteiger partial charge is 0.376 e. The molecule has 0 aromatic carbocycles. The summed E-state index contributed by atoms with van der Waals surface area (Å²) in [5.74, 6) is 0.540. The molecule has 1 aromatic heterocycles. The summed E-state index contributed by atoms with van der Waals surface area (Å²) in [5, 5.41) is 2.68. The minimum absolute atomic E-state index is 0.0688. The van der Waals surface area contributed by atoms with Gasteiger partial charge in [0, 0.05) is 26.7 Å². The van der Waals surface area contributed by atoms with Crippen LogP contribution in [-0.4, -0.2) is 37.8 Å². The number of alkyl halides is 3. The van der Waals surface area contributed by atoms with Gasteiger partial charge in [-0.3, -0.25) is 0 Å². The fourth-order valence-corrected chi connectivity index (χ4v) is 2.39. The number of nitrogens with one attached hydrogen (secondary N) is 1. The van der Waals surface area contributed by atoms with Crippen LogP contribution in [0.2, 0.25) is 0 Å². The fourth-order valence-electron chi connectivity index (χ4n) is 2.39. The Bertz CT molecular complexity index is 473. The number of rotatable bonds is 5. The third-order valence-corrected chi connectivity index (χ3v) is 3.55. The van der Waals surface area contributed by atoms with Gasteiger partial charge in [0.25, 0.3) is 0 Å². The van der Waals surface area contributed by atoms with E-state index in [1.807, 2.05) is 11.8 Å². The van der Waals surface area contributed by atoms with Crippen LogP contribution in [0.25, 0.3) is 0 Å². The predicted octanol–water partition coefficient (Wildman–Crippen LogP) is 3.15. The van der Waals surface area contributed by atoms with Gasteiger partial charge in [0.05, 0.1) is 11.7 Å². The molecule has 1 aromatic rings. The second-order valence-electron chi connectivity index (χ2n) is 5.02. The number of likely N-dealkylation sites (N-methyl/N-ethyl adjacent to an activating group) is 1. The Morgan fingerprint density at radius 3 is 2.71 bits per heavy atom. The number of aromatic nitrogens is 1. The zero-order valence-electron chi connectivity index (χ0n) is 12.2. The first-order chi connectivity index (χ1) is 9.94. The lowest BCUT2D eigenvalue weighted by Crippen LogP contribution is -2.33. The second-order valence-corrected chi connectivity index (χ2v) is 5.02. The van der Waals surface area contributed by atoms with Crippen LogP contribution in [0.1, 0.15) is 25.3 Å². The molecule has 21 heavy (non-hydrogen) atoms. The maximum atomic E-state index is 13.0. The topological polar surface area (TPSA) is 37.4 Å². The summed E-state index contributed by atoms with van der Waals surface area (Å²) in [4.78, 5) is 6.06. The van der Waals surface area contributed by atoms with Crippen molar-refractivity contribution in [2.45, 2.75) is 32.0 Å². The maximum absolute atomic E-state index is 13.0. The summed E-state index contributed by atoms with van der Waals surface area (Å²) >= 11 is 0. The van der Waals surface area contributed by atoms with Crippen LogP contribution >= 0.6 is 0 Å². The maximum Gasteiger partial charge on any atom is 0.416 e. The summed E-state index contributed by atoms with van der Waals surface area (Å²) < 4.78 is 44.4. The van der Waals surface area contributed by atoms with Gasteiger partial charge in [0.15, 0.2) is 0 Å². The molecule has 0 radical (unpaired) electrons. The third kappa shape index (κ3) is 4.00. The highest BCUT2D eigenvalue weighted by atomic mass is 19.4. The van der Waals surface area contributed by atoms with Gasteiger partial charge >= 0.3 is 6.18 Å². The fraction of sp³-hybridized carbons (Fsp3) is 0.643. The van der Waals surface area contributed by atoms with Crippen molar-refractivity contribution in [3.63, 3.8) is 0 Å². The number of halogens is 3. The average molecular weight is 303 g/mol. The predicted molar refractivity (Wildman–Crippen MR) is 75.6 cm³/mol. The van der Waals surface area contributed by atoms with Crippen LogP contribution in [-0.2, 0) is 10.9 Å². The largest absolute Gasteiger partial charge is 0.416 e. The lowest BCUT2D eigenvalue weighted by Gasteiger charge is -2.26. The SMILES string of the molecule is CCN(CC1CCCO1)c1cc(C(F)(F)F)cc(NC)n1. The molecule has 4 nitrogen and oxygen atoms in total. The number of hydrogen-bond donors (Lipinski definition) is 1. The Morgan fingerprint density at radius 1 is 1.43 bits per heavy atom. The standard InChI is InChI=1S/C14H20F3N3O/c1-3-20(9-11-5-4-6-21-11)13-8-10(14(15,16)17)7-12(18-2)19-13/h7-8,11H,3-6,9H2,1-2H3,(H,18,19). The molecular weight excluding hydrogens is 283 g/mol. The van der Waals surface area contributed by atoms with Crippen molar-refractivity contribution in [1.29, 1.82) is 0 Å². The van der Waals surface area contributed by atoms with Crippen molar-refractivity contribution in [1.82, 2.24) is 4.98 Å². The first-order valence-corrected chi connectivity index (χ1v) is 7.07. The first-order valence-electron chi connectivity index (χ1n) is 7.07. The molecule has 1 N–H and O–H groups in total. The molecule has 7 heteroatoms. The van der Waals surface area contributed by atoms with Crippen molar-refractivity contribution < 1.29 is 17.9 Å². The average Bonchev–Trinajstić information content (AvgIpc) is 2.96. The Labute approximate surface area is 122 Å². The quantitative estimate of drug-likeness (QED) is 0.907. The van der Waals surface area contributed by atoms with Crippen molar-refractivity contribution in [3.05, 3.63) is 17.7 Å². The van der Waals surface area contributed by atoms with E-state index in [0.29, 0.717) is 18.9 Å².